The Bertz CT molecular complexity index is 169. The quantitative estimate of drug-likeness (QED) is 0.545. The summed E-state index contributed by atoms with van der Waals surface area (Å²) in [5.41, 5.74) is 0. The van der Waals surface area contributed by atoms with Crippen LogP contribution in [0.5, 0.6) is 0 Å². The lowest BCUT2D eigenvalue weighted by Gasteiger charge is -2.37. The summed E-state index contributed by atoms with van der Waals surface area (Å²) in [6.45, 7) is 1.40. The number of carbonyl (C=O) groups excluding carboxylic acids is 1. The zero-order chi connectivity index (χ0) is 8.39. The molecule has 1 saturated heterocycles. The van der Waals surface area contributed by atoms with E-state index in [0.29, 0.717) is 13.2 Å². The fourth-order valence-electron chi connectivity index (χ4n) is 2.02. The third-order valence-electron chi connectivity index (χ3n) is 2.71. The van der Waals surface area contributed by atoms with Crippen molar-refractivity contribution >= 4 is 6.29 Å². The molecule has 2 fully saturated rings. The summed E-state index contributed by atoms with van der Waals surface area (Å²) in [4.78, 5) is 10.5. The van der Waals surface area contributed by atoms with Crippen LogP contribution in [0.3, 0.4) is 0 Å². The highest BCUT2D eigenvalue weighted by Gasteiger charge is 2.33. The van der Waals surface area contributed by atoms with E-state index in [1.54, 1.807) is 0 Å². The Morgan fingerprint density at radius 2 is 1.83 bits per heavy atom. The maximum absolute atomic E-state index is 10.5. The van der Waals surface area contributed by atoms with Gasteiger partial charge in [-0.2, -0.15) is 0 Å². The number of hydrogen-bond donors (Lipinski definition) is 0. The number of fused-ring (bicyclic) bond motifs is 1. The second-order valence-electron chi connectivity index (χ2n) is 3.53. The number of hydrogen-bond acceptors (Lipinski definition) is 3. The molecular weight excluding hydrogens is 156 g/mol. The van der Waals surface area contributed by atoms with Crippen LogP contribution in [0, 0.1) is 5.92 Å². The van der Waals surface area contributed by atoms with Gasteiger partial charge in [-0.05, 0) is 19.3 Å². The minimum absolute atomic E-state index is 0.183. The van der Waals surface area contributed by atoms with Crippen LogP contribution < -0.4 is 0 Å². The first kappa shape index (κ1) is 8.20. The predicted octanol–water partition coefficient (Wildman–Crippen LogP) is 0.769. The lowest BCUT2D eigenvalue weighted by atomic mass is 9.86. The highest BCUT2D eigenvalue weighted by atomic mass is 16.6. The van der Waals surface area contributed by atoms with Crippen molar-refractivity contribution in [3.05, 3.63) is 0 Å². The summed E-state index contributed by atoms with van der Waals surface area (Å²) in [7, 11) is 0. The standard InChI is InChI=1S/C9H14O3/c10-6-7-1-2-8-9(5-7)12-4-3-11-8/h6-9H,1-5H2. The van der Waals surface area contributed by atoms with Crippen molar-refractivity contribution in [3.63, 3.8) is 0 Å². The second-order valence-corrected chi connectivity index (χ2v) is 3.53. The molecule has 1 saturated carbocycles. The molecule has 68 valence electrons. The van der Waals surface area contributed by atoms with Crippen molar-refractivity contribution in [2.45, 2.75) is 31.5 Å². The Hall–Kier alpha value is -0.410. The molecule has 2 rings (SSSR count). The van der Waals surface area contributed by atoms with Gasteiger partial charge in [0.25, 0.3) is 0 Å². The van der Waals surface area contributed by atoms with E-state index in [-0.39, 0.29) is 18.1 Å². The third kappa shape index (κ3) is 1.52. The summed E-state index contributed by atoms with van der Waals surface area (Å²) in [5.74, 6) is 0.202. The molecule has 0 aromatic heterocycles. The predicted molar refractivity (Wildman–Crippen MR) is 42.9 cm³/mol. The Morgan fingerprint density at radius 3 is 2.58 bits per heavy atom. The van der Waals surface area contributed by atoms with Crippen molar-refractivity contribution in [2.75, 3.05) is 13.2 Å². The van der Waals surface area contributed by atoms with Gasteiger partial charge in [-0.15, -0.1) is 0 Å². The molecule has 3 heteroatoms. The zero-order valence-corrected chi connectivity index (χ0v) is 7.07. The molecule has 0 aromatic carbocycles. The Morgan fingerprint density at radius 1 is 1.08 bits per heavy atom. The van der Waals surface area contributed by atoms with Crippen LogP contribution in [0.25, 0.3) is 0 Å². The average molecular weight is 170 g/mol. The van der Waals surface area contributed by atoms with Crippen molar-refractivity contribution in [1.29, 1.82) is 0 Å². The van der Waals surface area contributed by atoms with E-state index < -0.39 is 0 Å². The van der Waals surface area contributed by atoms with Gasteiger partial charge in [0.2, 0.25) is 0 Å². The van der Waals surface area contributed by atoms with Crippen molar-refractivity contribution in [3.8, 4) is 0 Å². The number of aldehydes is 1. The zero-order valence-electron chi connectivity index (χ0n) is 7.07. The molecule has 2 aliphatic rings. The van der Waals surface area contributed by atoms with E-state index in [0.717, 1.165) is 25.5 Å². The van der Waals surface area contributed by atoms with Crippen LogP contribution in [-0.2, 0) is 14.3 Å². The van der Waals surface area contributed by atoms with Gasteiger partial charge in [-0.1, -0.05) is 0 Å². The summed E-state index contributed by atoms with van der Waals surface area (Å²) in [5, 5.41) is 0. The molecule has 1 aliphatic carbocycles. The van der Waals surface area contributed by atoms with E-state index in [1.807, 2.05) is 0 Å². The van der Waals surface area contributed by atoms with Gasteiger partial charge < -0.3 is 14.3 Å². The summed E-state index contributed by atoms with van der Waals surface area (Å²) in [6.07, 6.45) is 4.29. The molecule has 3 nitrogen and oxygen atoms in total. The van der Waals surface area contributed by atoms with E-state index in [2.05, 4.69) is 0 Å². The molecule has 0 spiro atoms. The molecule has 0 N–H and O–H groups in total. The summed E-state index contributed by atoms with van der Waals surface area (Å²) in [6, 6.07) is 0. The Labute approximate surface area is 72.0 Å². The largest absolute Gasteiger partial charge is 0.373 e. The van der Waals surface area contributed by atoms with Crippen molar-refractivity contribution < 1.29 is 14.3 Å². The first-order valence-electron chi connectivity index (χ1n) is 4.58. The van der Waals surface area contributed by atoms with Crippen LogP contribution >= 0.6 is 0 Å². The highest BCUT2D eigenvalue weighted by Crippen LogP contribution is 2.29. The van der Waals surface area contributed by atoms with Crippen LogP contribution in [0.2, 0.25) is 0 Å². The minimum Gasteiger partial charge on any atom is -0.373 e. The topological polar surface area (TPSA) is 35.5 Å². The van der Waals surface area contributed by atoms with Crippen LogP contribution in [0.15, 0.2) is 0 Å². The van der Waals surface area contributed by atoms with Gasteiger partial charge in [-0.3, -0.25) is 0 Å². The molecule has 1 aliphatic heterocycles. The van der Waals surface area contributed by atoms with E-state index in [1.165, 1.54) is 0 Å². The number of rotatable bonds is 1. The first-order valence-corrected chi connectivity index (χ1v) is 4.58. The minimum atomic E-state index is 0.183. The van der Waals surface area contributed by atoms with Crippen molar-refractivity contribution in [1.82, 2.24) is 0 Å². The molecular formula is C9H14O3. The molecule has 12 heavy (non-hydrogen) atoms. The molecule has 1 heterocycles. The van der Waals surface area contributed by atoms with Gasteiger partial charge in [0, 0.05) is 5.92 Å². The summed E-state index contributed by atoms with van der Waals surface area (Å²) >= 11 is 0. The lowest BCUT2D eigenvalue weighted by Crippen LogP contribution is -2.43. The van der Waals surface area contributed by atoms with Crippen LogP contribution in [0.4, 0.5) is 0 Å². The highest BCUT2D eigenvalue weighted by molar-refractivity contribution is 5.53. The summed E-state index contributed by atoms with van der Waals surface area (Å²) < 4.78 is 11.1. The van der Waals surface area contributed by atoms with Gasteiger partial charge in [0.1, 0.15) is 6.29 Å². The van der Waals surface area contributed by atoms with Gasteiger partial charge in [0.05, 0.1) is 25.4 Å². The maximum Gasteiger partial charge on any atom is 0.123 e. The van der Waals surface area contributed by atoms with Gasteiger partial charge in [-0.25, -0.2) is 0 Å². The SMILES string of the molecule is O=CC1CCC2OCCOC2C1. The fourth-order valence-corrected chi connectivity index (χ4v) is 2.02. The molecule has 0 amide bonds. The van der Waals surface area contributed by atoms with Crippen molar-refractivity contribution in [2.24, 2.45) is 5.92 Å². The van der Waals surface area contributed by atoms with Crippen LogP contribution in [0.1, 0.15) is 19.3 Å². The van der Waals surface area contributed by atoms with Crippen LogP contribution in [-0.4, -0.2) is 31.7 Å². The molecule has 3 atom stereocenters. The number of ether oxygens (including phenoxy) is 2. The lowest BCUT2D eigenvalue weighted by molar-refractivity contribution is -0.162. The molecule has 0 bridgehead atoms. The normalized spacial score (nSPS) is 41.8. The maximum atomic E-state index is 10.5. The third-order valence-corrected chi connectivity index (χ3v) is 2.71. The second kappa shape index (κ2) is 3.54. The number of carbonyl (C=O) groups is 1. The molecule has 0 aromatic rings. The monoisotopic (exact) mass is 170 g/mol. The van der Waals surface area contributed by atoms with E-state index >= 15 is 0 Å². The molecule has 3 unspecified atom stereocenters. The van der Waals surface area contributed by atoms with E-state index in [9.17, 15) is 4.79 Å². The van der Waals surface area contributed by atoms with Gasteiger partial charge in [0.15, 0.2) is 0 Å². The smallest absolute Gasteiger partial charge is 0.123 e. The molecule has 0 radical (unpaired) electrons. The Balaban J connectivity index is 1.93. The van der Waals surface area contributed by atoms with E-state index in [4.69, 9.17) is 9.47 Å². The fraction of sp³-hybridized carbons (Fsp3) is 0.889. The first-order chi connectivity index (χ1) is 5.90. The Kier molecular flexibility index (Phi) is 2.42. The van der Waals surface area contributed by atoms with Gasteiger partial charge >= 0.3 is 0 Å². The average Bonchev–Trinajstić information content (AvgIpc) is 2.17.